The summed E-state index contributed by atoms with van der Waals surface area (Å²) in [7, 11) is 0. The molecule has 0 bridgehead atoms. The largest absolute Gasteiger partial charge is 0.368 e. The molecule has 0 aliphatic heterocycles. The fourth-order valence-electron chi connectivity index (χ4n) is 2.03. The molecule has 98 valence electrons. The van der Waals surface area contributed by atoms with E-state index in [2.05, 4.69) is 11.1 Å². The Bertz CT molecular complexity index is 671. The van der Waals surface area contributed by atoms with Crippen molar-refractivity contribution < 1.29 is 4.79 Å². The summed E-state index contributed by atoms with van der Waals surface area (Å²) in [6, 6.07) is 6.70. The van der Waals surface area contributed by atoms with Crippen LogP contribution >= 0.6 is 11.6 Å². The Morgan fingerprint density at radius 2 is 2.37 bits per heavy atom. The lowest BCUT2D eigenvalue weighted by molar-refractivity contribution is -0.120. The highest BCUT2D eigenvalue weighted by molar-refractivity contribution is 6.17. The van der Waals surface area contributed by atoms with Crippen molar-refractivity contribution in [2.45, 2.75) is 19.4 Å². The van der Waals surface area contributed by atoms with Crippen molar-refractivity contribution in [2.75, 3.05) is 5.88 Å². The van der Waals surface area contributed by atoms with E-state index in [1.54, 1.807) is 29.7 Å². The van der Waals surface area contributed by atoms with Gasteiger partial charge in [-0.1, -0.05) is 0 Å². The number of amides is 1. The summed E-state index contributed by atoms with van der Waals surface area (Å²) in [4.78, 5) is 15.9. The highest BCUT2D eigenvalue weighted by atomic mass is 35.5. The summed E-state index contributed by atoms with van der Waals surface area (Å²) in [5, 5.41) is 8.95. The topological polar surface area (TPSA) is 84.7 Å². The normalized spacial score (nSPS) is 12.3. The Hall–Kier alpha value is -2.06. The summed E-state index contributed by atoms with van der Waals surface area (Å²) in [5.74, 6) is 0.656. The Morgan fingerprint density at radius 1 is 1.63 bits per heavy atom. The minimum Gasteiger partial charge on any atom is -0.368 e. The highest BCUT2D eigenvalue weighted by Gasteiger charge is 2.19. The number of fused-ring (bicyclic) bond motifs is 1. The Kier molecular flexibility index (Phi) is 3.72. The van der Waals surface area contributed by atoms with Gasteiger partial charge in [0.15, 0.2) is 0 Å². The summed E-state index contributed by atoms with van der Waals surface area (Å²) in [6.07, 6.45) is 0.537. The van der Waals surface area contributed by atoms with E-state index < -0.39 is 11.9 Å². The third-order valence-corrected chi connectivity index (χ3v) is 3.20. The third-order valence-electron chi connectivity index (χ3n) is 3.01. The second-order valence-corrected chi connectivity index (χ2v) is 4.61. The van der Waals surface area contributed by atoms with E-state index in [9.17, 15) is 4.79 Å². The predicted molar refractivity (Wildman–Crippen MR) is 72.8 cm³/mol. The van der Waals surface area contributed by atoms with Gasteiger partial charge in [-0.25, -0.2) is 4.98 Å². The first kappa shape index (κ1) is 13.4. The number of rotatable bonds is 4. The molecular weight excluding hydrogens is 264 g/mol. The molecule has 5 nitrogen and oxygen atoms in total. The number of aromatic nitrogens is 2. The number of carbonyl (C=O) groups excluding carboxylic acids is 1. The number of nitriles is 1. The van der Waals surface area contributed by atoms with Crippen LogP contribution in [0.3, 0.4) is 0 Å². The molecule has 0 aliphatic rings. The molecule has 2 aromatic rings. The lowest BCUT2D eigenvalue weighted by Gasteiger charge is -2.14. The summed E-state index contributed by atoms with van der Waals surface area (Å²) in [5.41, 5.74) is 7.34. The number of nitrogens with two attached hydrogens (primary N) is 1. The Labute approximate surface area is 115 Å². The maximum absolute atomic E-state index is 11.4. The summed E-state index contributed by atoms with van der Waals surface area (Å²) >= 11 is 5.76. The van der Waals surface area contributed by atoms with Gasteiger partial charge in [-0.15, -0.1) is 11.6 Å². The number of aryl methyl sites for hydroxylation is 1. The van der Waals surface area contributed by atoms with E-state index in [0.717, 1.165) is 11.0 Å². The number of benzene rings is 1. The van der Waals surface area contributed by atoms with Gasteiger partial charge in [-0.05, 0) is 25.1 Å². The SMILES string of the molecule is CC(C(N)=O)n1c(CCCl)nc2ccc(C#N)cc21. The van der Waals surface area contributed by atoms with Gasteiger partial charge in [-0.3, -0.25) is 4.79 Å². The zero-order valence-electron chi connectivity index (χ0n) is 10.4. The van der Waals surface area contributed by atoms with Gasteiger partial charge in [0.25, 0.3) is 0 Å². The average Bonchev–Trinajstić information content (AvgIpc) is 2.75. The minimum atomic E-state index is -0.530. The van der Waals surface area contributed by atoms with Crippen molar-refractivity contribution in [3.63, 3.8) is 0 Å². The second-order valence-electron chi connectivity index (χ2n) is 4.23. The molecule has 0 saturated heterocycles. The summed E-state index contributed by atoms with van der Waals surface area (Å²) < 4.78 is 1.75. The lowest BCUT2D eigenvalue weighted by atomic mass is 10.2. The van der Waals surface area contributed by atoms with Crippen LogP contribution in [-0.2, 0) is 11.2 Å². The van der Waals surface area contributed by atoms with E-state index in [0.29, 0.717) is 23.7 Å². The molecule has 6 heteroatoms. The average molecular weight is 277 g/mol. The van der Waals surface area contributed by atoms with Gasteiger partial charge in [0.05, 0.1) is 22.7 Å². The van der Waals surface area contributed by atoms with Gasteiger partial charge in [-0.2, -0.15) is 5.26 Å². The van der Waals surface area contributed by atoms with Crippen LogP contribution in [0.15, 0.2) is 18.2 Å². The predicted octanol–water partition coefficient (Wildman–Crippen LogP) is 1.74. The molecule has 1 heterocycles. The number of hydrogen-bond donors (Lipinski definition) is 1. The van der Waals surface area contributed by atoms with E-state index in [1.807, 2.05) is 0 Å². The minimum absolute atomic E-state index is 0.403. The van der Waals surface area contributed by atoms with Crippen LogP contribution in [-0.4, -0.2) is 21.3 Å². The standard InChI is InChI=1S/C13H13ClN4O/c1-8(13(16)19)18-11-6-9(7-15)2-3-10(11)17-12(18)4-5-14/h2-3,6,8H,4-5H2,1H3,(H2,16,19). The number of primary amides is 1. The Morgan fingerprint density at radius 3 is 2.95 bits per heavy atom. The molecule has 1 atom stereocenters. The van der Waals surface area contributed by atoms with Gasteiger partial charge < -0.3 is 10.3 Å². The van der Waals surface area contributed by atoms with Crippen LogP contribution in [0.25, 0.3) is 11.0 Å². The molecule has 19 heavy (non-hydrogen) atoms. The smallest absolute Gasteiger partial charge is 0.240 e. The van der Waals surface area contributed by atoms with Crippen molar-refractivity contribution >= 4 is 28.5 Å². The zero-order chi connectivity index (χ0) is 14.0. The molecule has 0 aliphatic carbocycles. The van der Waals surface area contributed by atoms with Gasteiger partial charge >= 0.3 is 0 Å². The molecule has 2 N–H and O–H groups in total. The quantitative estimate of drug-likeness (QED) is 0.863. The van der Waals surface area contributed by atoms with E-state index in [4.69, 9.17) is 22.6 Å². The van der Waals surface area contributed by atoms with Gasteiger partial charge in [0.1, 0.15) is 11.9 Å². The van der Waals surface area contributed by atoms with Crippen molar-refractivity contribution in [1.82, 2.24) is 9.55 Å². The van der Waals surface area contributed by atoms with Crippen molar-refractivity contribution in [3.05, 3.63) is 29.6 Å². The van der Waals surface area contributed by atoms with Gasteiger partial charge in [0.2, 0.25) is 5.91 Å². The first-order chi connectivity index (χ1) is 9.08. The monoisotopic (exact) mass is 276 g/mol. The molecular formula is C13H13ClN4O. The molecule has 0 saturated carbocycles. The van der Waals surface area contributed by atoms with E-state index >= 15 is 0 Å². The van der Waals surface area contributed by atoms with Crippen LogP contribution in [0.4, 0.5) is 0 Å². The van der Waals surface area contributed by atoms with Crippen LogP contribution in [0.1, 0.15) is 24.4 Å². The lowest BCUT2D eigenvalue weighted by Crippen LogP contribution is -2.25. The first-order valence-corrected chi connectivity index (χ1v) is 6.38. The maximum atomic E-state index is 11.4. The molecule has 1 unspecified atom stereocenters. The number of alkyl halides is 1. The molecule has 0 spiro atoms. The van der Waals surface area contributed by atoms with E-state index in [-0.39, 0.29) is 0 Å². The fraction of sp³-hybridized carbons (Fsp3) is 0.308. The summed E-state index contributed by atoms with van der Waals surface area (Å²) in [6.45, 7) is 1.71. The molecule has 0 radical (unpaired) electrons. The van der Waals surface area contributed by atoms with Crippen molar-refractivity contribution in [3.8, 4) is 6.07 Å². The van der Waals surface area contributed by atoms with Crippen LogP contribution in [0, 0.1) is 11.3 Å². The van der Waals surface area contributed by atoms with E-state index in [1.165, 1.54) is 0 Å². The fourth-order valence-corrected chi connectivity index (χ4v) is 2.20. The molecule has 1 aromatic heterocycles. The van der Waals surface area contributed by atoms with Crippen LogP contribution < -0.4 is 5.73 Å². The number of hydrogen-bond acceptors (Lipinski definition) is 3. The Balaban J connectivity index is 2.70. The highest BCUT2D eigenvalue weighted by Crippen LogP contribution is 2.23. The molecule has 1 aromatic carbocycles. The number of nitrogens with zero attached hydrogens (tertiary/aromatic N) is 3. The molecule has 1 amide bonds. The van der Waals surface area contributed by atoms with Crippen LogP contribution in [0.2, 0.25) is 0 Å². The number of imidazole rings is 1. The maximum Gasteiger partial charge on any atom is 0.240 e. The molecule has 0 fully saturated rings. The second kappa shape index (κ2) is 5.29. The first-order valence-electron chi connectivity index (χ1n) is 5.84. The number of halogens is 1. The zero-order valence-corrected chi connectivity index (χ0v) is 11.2. The van der Waals surface area contributed by atoms with Crippen molar-refractivity contribution in [1.29, 1.82) is 5.26 Å². The third kappa shape index (κ3) is 2.40. The van der Waals surface area contributed by atoms with Gasteiger partial charge in [0, 0.05) is 12.3 Å². The van der Waals surface area contributed by atoms with Crippen molar-refractivity contribution in [2.24, 2.45) is 5.73 Å². The number of carbonyl (C=O) groups is 1. The van der Waals surface area contributed by atoms with Crippen LogP contribution in [0.5, 0.6) is 0 Å². The molecule has 2 rings (SSSR count).